The smallest absolute Gasteiger partial charge is 0.474 e. The highest BCUT2D eigenvalue weighted by Crippen LogP contribution is 2.38. The molecule has 0 spiro atoms. The van der Waals surface area contributed by atoms with Crippen molar-refractivity contribution in [1.29, 1.82) is 0 Å². The van der Waals surface area contributed by atoms with Gasteiger partial charge < -0.3 is 14.0 Å². The molecular weight excluding hydrogens is 289 g/mol. The summed E-state index contributed by atoms with van der Waals surface area (Å²) in [7, 11) is -0.393. The summed E-state index contributed by atoms with van der Waals surface area (Å²) in [6, 6.07) is 4.08. The van der Waals surface area contributed by atoms with E-state index < -0.39 is 7.12 Å². The third-order valence-electron chi connectivity index (χ3n) is 4.79. The lowest BCUT2D eigenvalue weighted by Gasteiger charge is -2.32. The van der Waals surface area contributed by atoms with Crippen LogP contribution in [0.3, 0.4) is 0 Å². The largest absolute Gasteiger partial charge is 0.494 e. The van der Waals surface area contributed by atoms with Crippen LogP contribution >= 0.6 is 0 Å². The lowest BCUT2D eigenvalue weighted by Crippen LogP contribution is -2.41. The molecule has 0 radical (unpaired) electrons. The average Bonchev–Trinajstić information content (AvgIpc) is 2.73. The van der Waals surface area contributed by atoms with Crippen molar-refractivity contribution in [3.63, 3.8) is 0 Å². The van der Waals surface area contributed by atoms with Gasteiger partial charge in [0.15, 0.2) is 0 Å². The standard InChI is InChI=1S/C18H24BNO3/c1-13-10-11-14-8-6-7-9-15(12-21-16(14)20-13)19-22-17(2,3)18(4,5)23-19/h6-7,9-11H,8,12H2,1-5H3/b7-6-,15-9+. The molecule has 2 aliphatic heterocycles. The van der Waals surface area contributed by atoms with Gasteiger partial charge in [0.05, 0.1) is 11.2 Å². The van der Waals surface area contributed by atoms with Gasteiger partial charge >= 0.3 is 7.12 Å². The van der Waals surface area contributed by atoms with E-state index in [1.807, 2.05) is 25.1 Å². The van der Waals surface area contributed by atoms with Crippen LogP contribution in [0.4, 0.5) is 0 Å². The number of nitrogens with zero attached hydrogens (tertiary/aromatic N) is 1. The molecule has 0 aliphatic carbocycles. The van der Waals surface area contributed by atoms with Crippen LogP contribution in [0.1, 0.15) is 39.0 Å². The van der Waals surface area contributed by atoms with E-state index in [9.17, 15) is 0 Å². The first-order chi connectivity index (χ1) is 10.8. The molecule has 2 aliphatic rings. The van der Waals surface area contributed by atoms with E-state index >= 15 is 0 Å². The van der Waals surface area contributed by atoms with Crippen molar-refractivity contribution in [2.24, 2.45) is 0 Å². The fraction of sp³-hybridized carbons (Fsp3) is 0.500. The van der Waals surface area contributed by atoms with Gasteiger partial charge in [-0.2, -0.15) is 0 Å². The highest BCUT2D eigenvalue weighted by Gasteiger charge is 2.52. The highest BCUT2D eigenvalue weighted by atomic mass is 16.7. The Bertz CT molecular complexity index is 648. The molecular formula is C18H24BNO3. The zero-order valence-electron chi connectivity index (χ0n) is 14.6. The third-order valence-corrected chi connectivity index (χ3v) is 4.79. The van der Waals surface area contributed by atoms with Crippen LogP contribution in [0.25, 0.3) is 0 Å². The molecule has 0 atom stereocenters. The summed E-state index contributed by atoms with van der Waals surface area (Å²) in [5, 5.41) is 0. The fourth-order valence-electron chi connectivity index (χ4n) is 2.57. The van der Waals surface area contributed by atoms with Crippen LogP contribution < -0.4 is 4.74 Å². The van der Waals surface area contributed by atoms with Gasteiger partial charge in [-0.15, -0.1) is 0 Å². The monoisotopic (exact) mass is 313 g/mol. The Hall–Kier alpha value is -1.59. The van der Waals surface area contributed by atoms with Crippen molar-refractivity contribution in [2.75, 3.05) is 6.61 Å². The van der Waals surface area contributed by atoms with Crippen LogP contribution in [0.2, 0.25) is 0 Å². The second-order valence-corrected chi connectivity index (χ2v) is 7.17. The minimum Gasteiger partial charge on any atom is -0.474 e. The summed E-state index contributed by atoms with van der Waals surface area (Å²) in [6.45, 7) is 10.6. The molecule has 5 heteroatoms. The first kappa shape index (κ1) is 16.3. The number of allylic oxidation sites excluding steroid dienone is 3. The van der Waals surface area contributed by atoms with Gasteiger partial charge in [0.2, 0.25) is 5.88 Å². The Morgan fingerprint density at radius 3 is 2.48 bits per heavy atom. The SMILES string of the molecule is Cc1ccc2c(n1)OC/C(B1OC(C)(C)C(C)(C)O1)=C\C=C/C2. The molecule has 1 saturated heterocycles. The summed E-state index contributed by atoms with van der Waals surface area (Å²) < 4.78 is 18.2. The molecule has 0 N–H and O–H groups in total. The maximum atomic E-state index is 6.13. The Labute approximate surface area is 138 Å². The Kier molecular flexibility index (Phi) is 4.11. The Balaban J connectivity index is 1.83. The van der Waals surface area contributed by atoms with Crippen molar-refractivity contribution in [2.45, 2.75) is 52.2 Å². The molecule has 23 heavy (non-hydrogen) atoms. The zero-order valence-corrected chi connectivity index (χ0v) is 14.6. The molecule has 122 valence electrons. The fourth-order valence-corrected chi connectivity index (χ4v) is 2.57. The quantitative estimate of drug-likeness (QED) is 0.745. The number of ether oxygens (including phenoxy) is 1. The Morgan fingerprint density at radius 1 is 1.09 bits per heavy atom. The second kappa shape index (κ2) is 5.80. The molecule has 1 aromatic rings. The number of pyridine rings is 1. The van der Waals surface area contributed by atoms with Crippen molar-refractivity contribution in [3.05, 3.63) is 47.1 Å². The van der Waals surface area contributed by atoms with Crippen LogP contribution in [0.5, 0.6) is 5.88 Å². The van der Waals surface area contributed by atoms with E-state index in [0.29, 0.717) is 12.5 Å². The van der Waals surface area contributed by atoms with Crippen molar-refractivity contribution in [1.82, 2.24) is 4.98 Å². The van der Waals surface area contributed by atoms with Crippen LogP contribution in [0.15, 0.2) is 35.8 Å². The summed E-state index contributed by atoms with van der Waals surface area (Å²) in [5.41, 5.74) is 2.31. The predicted octanol–water partition coefficient (Wildman–Crippen LogP) is 3.44. The molecule has 1 fully saturated rings. The summed E-state index contributed by atoms with van der Waals surface area (Å²) >= 11 is 0. The van der Waals surface area contributed by atoms with Gasteiger partial charge in [0.25, 0.3) is 0 Å². The second-order valence-electron chi connectivity index (χ2n) is 7.17. The number of hydrogen-bond acceptors (Lipinski definition) is 4. The van der Waals surface area contributed by atoms with E-state index in [-0.39, 0.29) is 11.2 Å². The molecule has 0 bridgehead atoms. The molecule has 3 heterocycles. The van der Waals surface area contributed by atoms with E-state index in [0.717, 1.165) is 23.2 Å². The minimum atomic E-state index is -0.393. The van der Waals surface area contributed by atoms with E-state index in [1.165, 1.54) is 0 Å². The van der Waals surface area contributed by atoms with Crippen LogP contribution in [-0.4, -0.2) is 29.9 Å². The molecule has 0 aromatic carbocycles. The highest BCUT2D eigenvalue weighted by molar-refractivity contribution is 6.54. The molecule has 4 nitrogen and oxygen atoms in total. The molecule has 3 rings (SSSR count). The van der Waals surface area contributed by atoms with E-state index in [4.69, 9.17) is 14.0 Å². The first-order valence-corrected chi connectivity index (χ1v) is 8.09. The lowest BCUT2D eigenvalue weighted by molar-refractivity contribution is 0.00578. The van der Waals surface area contributed by atoms with E-state index in [1.54, 1.807) is 0 Å². The van der Waals surface area contributed by atoms with E-state index in [2.05, 4.69) is 44.8 Å². The topological polar surface area (TPSA) is 40.6 Å². The average molecular weight is 313 g/mol. The maximum absolute atomic E-state index is 6.13. The number of aryl methyl sites for hydroxylation is 1. The minimum absolute atomic E-state index is 0.354. The van der Waals surface area contributed by atoms with Gasteiger partial charge in [-0.05, 0) is 52.6 Å². The maximum Gasteiger partial charge on any atom is 0.494 e. The van der Waals surface area contributed by atoms with Crippen molar-refractivity contribution in [3.8, 4) is 5.88 Å². The number of aromatic nitrogens is 1. The Morgan fingerprint density at radius 2 is 1.78 bits per heavy atom. The van der Waals surface area contributed by atoms with Crippen LogP contribution in [0, 0.1) is 6.92 Å². The number of hydrogen-bond donors (Lipinski definition) is 0. The van der Waals surface area contributed by atoms with Gasteiger partial charge in [0.1, 0.15) is 6.61 Å². The van der Waals surface area contributed by atoms with Gasteiger partial charge in [0, 0.05) is 11.3 Å². The third kappa shape index (κ3) is 3.21. The number of rotatable bonds is 1. The number of fused-ring (bicyclic) bond motifs is 1. The summed E-state index contributed by atoms with van der Waals surface area (Å²) in [6.07, 6.45) is 6.98. The van der Waals surface area contributed by atoms with Crippen molar-refractivity contribution >= 4 is 7.12 Å². The molecule has 0 saturated carbocycles. The molecule has 1 aromatic heterocycles. The van der Waals surface area contributed by atoms with Gasteiger partial charge in [-0.25, -0.2) is 4.98 Å². The van der Waals surface area contributed by atoms with Crippen LogP contribution in [-0.2, 0) is 15.7 Å². The summed E-state index contributed by atoms with van der Waals surface area (Å²) in [5.74, 6) is 0.693. The normalized spacial score (nSPS) is 26.1. The summed E-state index contributed by atoms with van der Waals surface area (Å²) in [4.78, 5) is 4.51. The van der Waals surface area contributed by atoms with Crippen molar-refractivity contribution < 1.29 is 14.0 Å². The lowest BCUT2D eigenvalue weighted by atomic mass is 9.78. The van der Waals surface area contributed by atoms with Gasteiger partial charge in [-0.1, -0.05) is 24.3 Å². The van der Waals surface area contributed by atoms with Gasteiger partial charge in [-0.3, -0.25) is 0 Å². The first-order valence-electron chi connectivity index (χ1n) is 8.09. The molecule has 0 unspecified atom stereocenters. The zero-order chi connectivity index (χ0) is 16.7. The predicted molar refractivity (Wildman–Crippen MR) is 91.5 cm³/mol. The molecule has 0 amide bonds.